The number of nitrogens with one attached hydrogen (secondary N) is 1. The fourth-order valence-electron chi connectivity index (χ4n) is 2.11. The van der Waals surface area contributed by atoms with E-state index in [9.17, 15) is 0 Å². The number of rotatable bonds is 2. The first kappa shape index (κ1) is 13.2. The Morgan fingerprint density at radius 1 is 0.947 bits per heavy atom. The van der Waals surface area contributed by atoms with Gasteiger partial charge in [-0.2, -0.15) is 0 Å². The van der Waals surface area contributed by atoms with E-state index in [1.807, 2.05) is 24.3 Å². The molecule has 0 atom stereocenters. The van der Waals surface area contributed by atoms with Crippen molar-refractivity contribution < 1.29 is 0 Å². The molecule has 0 bridgehead atoms. The topological polar surface area (TPSA) is 54.5 Å². The Bertz CT molecular complexity index is 650. The van der Waals surface area contributed by atoms with E-state index in [4.69, 9.17) is 0 Å². The first-order valence-corrected chi connectivity index (χ1v) is 5.75. The van der Waals surface area contributed by atoms with Gasteiger partial charge < -0.3 is 0 Å². The molecule has 19 heavy (non-hydrogen) atoms. The average molecular weight is 273 g/mol. The molecule has 0 saturated heterocycles. The number of tetrazole rings is 1. The van der Waals surface area contributed by atoms with E-state index in [0.29, 0.717) is 5.82 Å². The molecule has 1 heterocycles. The van der Waals surface area contributed by atoms with E-state index >= 15 is 0 Å². The number of aryl methyl sites for hydroxylation is 1. The van der Waals surface area contributed by atoms with E-state index in [0.717, 1.165) is 22.3 Å². The van der Waals surface area contributed by atoms with E-state index in [-0.39, 0.29) is 12.4 Å². The second-order valence-corrected chi connectivity index (χ2v) is 4.11. The van der Waals surface area contributed by atoms with Crippen LogP contribution in [0.4, 0.5) is 0 Å². The summed E-state index contributed by atoms with van der Waals surface area (Å²) in [6, 6.07) is 16.4. The van der Waals surface area contributed by atoms with Gasteiger partial charge in [-0.3, -0.25) is 0 Å². The lowest BCUT2D eigenvalue weighted by Crippen LogP contribution is -1.91. The molecule has 0 amide bonds. The van der Waals surface area contributed by atoms with Crippen LogP contribution < -0.4 is 0 Å². The summed E-state index contributed by atoms with van der Waals surface area (Å²) in [5.74, 6) is 0.701. The summed E-state index contributed by atoms with van der Waals surface area (Å²) >= 11 is 0. The van der Waals surface area contributed by atoms with E-state index in [1.165, 1.54) is 0 Å². The lowest BCUT2D eigenvalue weighted by molar-refractivity contribution is 0.881. The van der Waals surface area contributed by atoms with Crippen molar-refractivity contribution in [3.05, 3.63) is 54.1 Å². The highest BCUT2D eigenvalue weighted by Gasteiger charge is 2.12. The summed E-state index contributed by atoms with van der Waals surface area (Å²) in [5.41, 5.74) is 4.49. The summed E-state index contributed by atoms with van der Waals surface area (Å²) in [4.78, 5) is 0. The molecule has 0 spiro atoms. The summed E-state index contributed by atoms with van der Waals surface area (Å²) in [5, 5.41) is 14.2. The Kier molecular flexibility index (Phi) is 3.92. The number of aromatic amines is 1. The average Bonchev–Trinajstić information content (AvgIpc) is 2.93. The van der Waals surface area contributed by atoms with Crippen molar-refractivity contribution in [1.82, 2.24) is 20.6 Å². The third-order valence-electron chi connectivity index (χ3n) is 2.94. The van der Waals surface area contributed by atoms with Crippen molar-refractivity contribution in [1.29, 1.82) is 0 Å². The van der Waals surface area contributed by atoms with Crippen molar-refractivity contribution in [2.45, 2.75) is 6.92 Å². The van der Waals surface area contributed by atoms with Gasteiger partial charge in [-0.05, 0) is 34.0 Å². The number of benzene rings is 2. The number of halogens is 1. The lowest BCUT2D eigenvalue weighted by Gasteiger charge is -2.09. The van der Waals surface area contributed by atoms with Crippen LogP contribution in [0, 0.1) is 6.92 Å². The zero-order chi connectivity index (χ0) is 12.4. The molecule has 4 nitrogen and oxygen atoms in total. The summed E-state index contributed by atoms with van der Waals surface area (Å²) in [6.07, 6.45) is 0. The third kappa shape index (κ3) is 2.48. The molecule has 0 aliphatic carbocycles. The molecule has 1 aromatic heterocycles. The third-order valence-corrected chi connectivity index (χ3v) is 2.94. The predicted octanol–water partition coefficient (Wildman–Crippen LogP) is 3.26. The Morgan fingerprint density at radius 2 is 1.74 bits per heavy atom. The largest absolute Gasteiger partial charge is 0.239 e. The number of H-pyrrole nitrogens is 1. The first-order valence-electron chi connectivity index (χ1n) is 5.75. The van der Waals surface area contributed by atoms with E-state index in [2.05, 4.69) is 51.8 Å². The Morgan fingerprint density at radius 3 is 2.42 bits per heavy atom. The summed E-state index contributed by atoms with van der Waals surface area (Å²) < 4.78 is 0. The molecule has 1 N–H and O–H groups in total. The second-order valence-electron chi connectivity index (χ2n) is 4.11. The van der Waals surface area contributed by atoms with E-state index < -0.39 is 0 Å². The molecule has 3 aromatic rings. The second kappa shape index (κ2) is 5.63. The number of hydrogen-bond donors (Lipinski definition) is 1. The molecule has 0 aliphatic rings. The van der Waals surface area contributed by atoms with Gasteiger partial charge in [0.15, 0.2) is 5.82 Å². The fraction of sp³-hybridized carbons (Fsp3) is 0.0714. The van der Waals surface area contributed by atoms with Crippen LogP contribution in [-0.4, -0.2) is 20.6 Å². The van der Waals surface area contributed by atoms with Crippen LogP contribution in [0.3, 0.4) is 0 Å². The summed E-state index contributed by atoms with van der Waals surface area (Å²) in [6.45, 7) is 2.06. The van der Waals surface area contributed by atoms with E-state index in [1.54, 1.807) is 0 Å². The molecule has 0 saturated carbocycles. The SMILES string of the molecule is Cc1cccc(-c2ccccc2)c1-c1nnn[nH]1.Cl. The molecule has 5 heteroatoms. The van der Waals surface area contributed by atoms with Crippen LogP contribution in [0.15, 0.2) is 48.5 Å². The van der Waals surface area contributed by atoms with Crippen LogP contribution >= 0.6 is 12.4 Å². The zero-order valence-corrected chi connectivity index (χ0v) is 11.2. The minimum absolute atomic E-state index is 0. The summed E-state index contributed by atoms with van der Waals surface area (Å²) in [7, 11) is 0. The molecule has 0 fully saturated rings. The lowest BCUT2D eigenvalue weighted by atomic mass is 9.95. The Hall–Kier alpha value is -2.20. The van der Waals surface area contributed by atoms with Crippen molar-refractivity contribution in [2.24, 2.45) is 0 Å². The van der Waals surface area contributed by atoms with Gasteiger partial charge in [0.25, 0.3) is 0 Å². The number of hydrogen-bond acceptors (Lipinski definition) is 3. The molecule has 96 valence electrons. The maximum Gasteiger partial charge on any atom is 0.180 e. The number of aromatic nitrogens is 4. The fourth-order valence-corrected chi connectivity index (χ4v) is 2.11. The molecule has 2 aromatic carbocycles. The zero-order valence-electron chi connectivity index (χ0n) is 10.4. The monoisotopic (exact) mass is 272 g/mol. The highest BCUT2D eigenvalue weighted by atomic mass is 35.5. The molecular weight excluding hydrogens is 260 g/mol. The molecule has 3 rings (SSSR count). The van der Waals surface area contributed by atoms with Crippen molar-refractivity contribution in [3.8, 4) is 22.5 Å². The van der Waals surface area contributed by atoms with Crippen LogP contribution in [0.25, 0.3) is 22.5 Å². The normalized spacial score (nSPS) is 9.95. The van der Waals surface area contributed by atoms with Gasteiger partial charge in [-0.15, -0.1) is 17.5 Å². The van der Waals surface area contributed by atoms with Crippen molar-refractivity contribution in [2.75, 3.05) is 0 Å². The van der Waals surface area contributed by atoms with Crippen LogP contribution in [0.5, 0.6) is 0 Å². The molecule has 0 aliphatic heterocycles. The maximum atomic E-state index is 4.02. The van der Waals surface area contributed by atoms with Gasteiger partial charge in [0.1, 0.15) is 0 Å². The standard InChI is InChI=1S/C14H12N4.ClH/c1-10-6-5-9-12(11-7-3-2-4-8-11)13(10)14-15-17-18-16-14;/h2-9H,1H3,(H,15,16,17,18);1H. The predicted molar refractivity (Wildman–Crippen MR) is 77.0 cm³/mol. The van der Waals surface area contributed by atoms with Crippen molar-refractivity contribution >= 4 is 12.4 Å². The molecular formula is C14H13ClN4. The minimum atomic E-state index is 0. The number of nitrogens with zero attached hydrogens (tertiary/aromatic N) is 3. The van der Waals surface area contributed by atoms with Gasteiger partial charge in [-0.25, -0.2) is 5.10 Å². The first-order chi connectivity index (χ1) is 8.86. The van der Waals surface area contributed by atoms with Gasteiger partial charge in [-0.1, -0.05) is 48.5 Å². The van der Waals surface area contributed by atoms with Gasteiger partial charge in [0.05, 0.1) is 0 Å². The Balaban J connectivity index is 0.00000133. The highest BCUT2D eigenvalue weighted by molar-refractivity contribution is 5.85. The van der Waals surface area contributed by atoms with Gasteiger partial charge in [0, 0.05) is 5.56 Å². The van der Waals surface area contributed by atoms with Crippen LogP contribution in [0.1, 0.15) is 5.56 Å². The van der Waals surface area contributed by atoms with Crippen LogP contribution in [0.2, 0.25) is 0 Å². The molecule has 0 radical (unpaired) electrons. The highest BCUT2D eigenvalue weighted by Crippen LogP contribution is 2.32. The minimum Gasteiger partial charge on any atom is -0.239 e. The van der Waals surface area contributed by atoms with Gasteiger partial charge >= 0.3 is 0 Å². The van der Waals surface area contributed by atoms with Gasteiger partial charge in [0.2, 0.25) is 0 Å². The smallest absolute Gasteiger partial charge is 0.180 e. The molecule has 0 unspecified atom stereocenters. The van der Waals surface area contributed by atoms with Crippen molar-refractivity contribution in [3.63, 3.8) is 0 Å². The van der Waals surface area contributed by atoms with Crippen LogP contribution in [-0.2, 0) is 0 Å². The maximum absolute atomic E-state index is 4.02. The quantitative estimate of drug-likeness (QED) is 0.779. The Labute approximate surface area is 117 Å².